The number of carbonyl (C=O) groups excluding carboxylic acids is 1. The van der Waals surface area contributed by atoms with Crippen LogP contribution in [0.1, 0.15) is 34.1 Å². The van der Waals surface area contributed by atoms with Crippen LogP contribution >= 0.6 is 0 Å². The van der Waals surface area contributed by atoms with Gasteiger partial charge in [-0.1, -0.05) is 5.16 Å². The molecule has 1 amide bonds. The summed E-state index contributed by atoms with van der Waals surface area (Å²) < 4.78 is 5.08. The maximum atomic E-state index is 11.3. The molecule has 0 saturated carbocycles. The third-order valence-electron chi connectivity index (χ3n) is 1.72. The molecular weight excluding hydrogens is 196 g/mol. The Labute approximate surface area is 89.8 Å². The number of nitrogens with zero attached hydrogens (tertiary/aromatic N) is 1. The van der Waals surface area contributed by atoms with Crippen LogP contribution in [0.15, 0.2) is 5.16 Å². The lowest BCUT2D eigenvalue weighted by molar-refractivity contribution is 0.0536. The molecule has 0 aliphatic carbocycles. The number of oxime groups is 1. The van der Waals surface area contributed by atoms with E-state index in [1.54, 1.807) is 0 Å². The molecule has 0 aromatic heterocycles. The van der Waals surface area contributed by atoms with Gasteiger partial charge >= 0.3 is 6.09 Å². The van der Waals surface area contributed by atoms with Crippen LogP contribution in [0.25, 0.3) is 0 Å². The minimum atomic E-state index is -0.467. The number of nitrogens with one attached hydrogen (secondary N) is 1. The van der Waals surface area contributed by atoms with Crippen LogP contribution in [0.3, 0.4) is 0 Å². The van der Waals surface area contributed by atoms with Gasteiger partial charge in [0, 0.05) is 6.42 Å². The molecule has 0 saturated heterocycles. The lowest BCUT2D eigenvalue weighted by atomic mass is 10.2. The van der Waals surface area contributed by atoms with Crippen LogP contribution in [-0.2, 0) is 9.57 Å². The van der Waals surface area contributed by atoms with Crippen molar-refractivity contribution in [2.75, 3.05) is 6.54 Å². The molecule has 0 bridgehead atoms. The second-order valence-corrected chi connectivity index (χ2v) is 4.63. The minimum absolute atomic E-state index is 0.112. The molecule has 1 aliphatic heterocycles. The highest BCUT2D eigenvalue weighted by Crippen LogP contribution is 2.09. The van der Waals surface area contributed by atoms with Gasteiger partial charge in [-0.3, -0.25) is 0 Å². The topological polar surface area (TPSA) is 59.9 Å². The molecule has 1 atom stereocenters. The van der Waals surface area contributed by atoms with Crippen LogP contribution in [0.4, 0.5) is 4.79 Å². The Bertz CT molecular complexity index is 268. The molecule has 1 heterocycles. The molecule has 0 fully saturated rings. The Morgan fingerprint density at radius 1 is 1.67 bits per heavy atom. The Morgan fingerprint density at radius 3 is 2.80 bits per heavy atom. The van der Waals surface area contributed by atoms with Crippen molar-refractivity contribution in [2.24, 2.45) is 5.16 Å². The SMILES string of the molecule is CC1CC(CNC(=O)OC(C)(C)C)=NO1. The summed E-state index contributed by atoms with van der Waals surface area (Å²) in [6.07, 6.45) is 0.445. The number of hydrogen-bond donors (Lipinski definition) is 1. The first-order valence-electron chi connectivity index (χ1n) is 5.05. The maximum absolute atomic E-state index is 11.3. The van der Waals surface area contributed by atoms with Crippen LogP contribution < -0.4 is 5.32 Å². The van der Waals surface area contributed by atoms with Gasteiger partial charge < -0.3 is 14.9 Å². The van der Waals surface area contributed by atoms with Gasteiger partial charge in [0.1, 0.15) is 11.7 Å². The van der Waals surface area contributed by atoms with E-state index in [1.807, 2.05) is 27.7 Å². The molecule has 0 radical (unpaired) electrons. The monoisotopic (exact) mass is 214 g/mol. The van der Waals surface area contributed by atoms with Gasteiger partial charge in [-0.05, 0) is 27.7 Å². The highest BCUT2D eigenvalue weighted by atomic mass is 16.6. The second-order valence-electron chi connectivity index (χ2n) is 4.63. The van der Waals surface area contributed by atoms with E-state index >= 15 is 0 Å². The Hall–Kier alpha value is -1.26. The number of hydrogen-bond acceptors (Lipinski definition) is 4. The van der Waals surface area contributed by atoms with Crippen LogP contribution in [0.5, 0.6) is 0 Å². The number of alkyl carbamates (subject to hydrolysis) is 1. The molecule has 5 nitrogen and oxygen atoms in total. The second kappa shape index (κ2) is 4.51. The molecule has 0 spiro atoms. The molecule has 0 aromatic carbocycles. The fraction of sp³-hybridized carbons (Fsp3) is 0.800. The van der Waals surface area contributed by atoms with Gasteiger partial charge in [0.2, 0.25) is 0 Å². The van der Waals surface area contributed by atoms with E-state index in [0.29, 0.717) is 6.54 Å². The Kier molecular flexibility index (Phi) is 3.55. The normalized spacial score (nSPS) is 20.5. The van der Waals surface area contributed by atoms with Gasteiger partial charge in [-0.2, -0.15) is 0 Å². The summed E-state index contributed by atoms with van der Waals surface area (Å²) in [5.74, 6) is 0. The highest BCUT2D eigenvalue weighted by molar-refractivity contribution is 5.89. The molecule has 1 N–H and O–H groups in total. The summed E-state index contributed by atoms with van der Waals surface area (Å²) in [5, 5.41) is 6.46. The summed E-state index contributed by atoms with van der Waals surface area (Å²) in [4.78, 5) is 16.3. The predicted molar refractivity (Wildman–Crippen MR) is 56.8 cm³/mol. The van der Waals surface area contributed by atoms with Crippen molar-refractivity contribution >= 4 is 11.8 Å². The van der Waals surface area contributed by atoms with Crippen molar-refractivity contribution in [3.05, 3.63) is 0 Å². The van der Waals surface area contributed by atoms with E-state index in [2.05, 4.69) is 10.5 Å². The third kappa shape index (κ3) is 4.67. The van der Waals surface area contributed by atoms with Gasteiger partial charge in [0.05, 0.1) is 12.3 Å². The summed E-state index contributed by atoms with van der Waals surface area (Å²) in [6, 6.07) is 0. The molecule has 1 rings (SSSR count). The maximum Gasteiger partial charge on any atom is 0.407 e. The third-order valence-corrected chi connectivity index (χ3v) is 1.72. The highest BCUT2D eigenvalue weighted by Gasteiger charge is 2.19. The fourth-order valence-corrected chi connectivity index (χ4v) is 1.16. The molecule has 1 aliphatic rings. The molecule has 0 aromatic rings. The lowest BCUT2D eigenvalue weighted by Crippen LogP contribution is -2.35. The zero-order valence-corrected chi connectivity index (χ0v) is 9.66. The zero-order chi connectivity index (χ0) is 11.5. The van der Waals surface area contributed by atoms with E-state index in [4.69, 9.17) is 9.57 Å². The van der Waals surface area contributed by atoms with Crippen molar-refractivity contribution < 1.29 is 14.4 Å². The smallest absolute Gasteiger partial charge is 0.407 e. The van der Waals surface area contributed by atoms with Crippen molar-refractivity contribution in [3.63, 3.8) is 0 Å². The van der Waals surface area contributed by atoms with Gasteiger partial charge in [-0.15, -0.1) is 0 Å². The Balaban J connectivity index is 2.23. The van der Waals surface area contributed by atoms with Gasteiger partial charge in [0.25, 0.3) is 0 Å². The number of rotatable bonds is 2. The summed E-state index contributed by atoms with van der Waals surface area (Å²) in [7, 11) is 0. The standard InChI is InChI=1S/C10H18N2O3/c1-7-5-8(12-15-7)6-11-9(13)14-10(2,3)4/h7H,5-6H2,1-4H3,(H,11,13). The van der Waals surface area contributed by atoms with Crippen LogP contribution in [-0.4, -0.2) is 30.1 Å². The minimum Gasteiger partial charge on any atom is -0.444 e. The van der Waals surface area contributed by atoms with Gasteiger partial charge in [-0.25, -0.2) is 4.79 Å². The molecule has 15 heavy (non-hydrogen) atoms. The summed E-state index contributed by atoms with van der Waals surface area (Å²) in [6.45, 7) is 7.80. The first-order chi connectivity index (χ1) is 6.87. The first-order valence-corrected chi connectivity index (χ1v) is 5.05. The first kappa shape index (κ1) is 11.8. The quantitative estimate of drug-likeness (QED) is 0.760. The summed E-state index contributed by atoms with van der Waals surface area (Å²) >= 11 is 0. The van der Waals surface area contributed by atoms with E-state index < -0.39 is 11.7 Å². The van der Waals surface area contributed by atoms with Crippen molar-refractivity contribution in [3.8, 4) is 0 Å². The summed E-state index contributed by atoms with van der Waals surface area (Å²) in [5.41, 5.74) is 0.374. The van der Waals surface area contributed by atoms with Crippen molar-refractivity contribution in [1.29, 1.82) is 0 Å². The fourth-order valence-electron chi connectivity index (χ4n) is 1.16. The van der Waals surface area contributed by atoms with Crippen molar-refractivity contribution in [1.82, 2.24) is 5.32 Å². The average molecular weight is 214 g/mol. The predicted octanol–water partition coefficient (Wildman–Crippen LogP) is 1.68. The molecular formula is C10H18N2O3. The van der Waals surface area contributed by atoms with E-state index in [1.165, 1.54) is 0 Å². The van der Waals surface area contributed by atoms with E-state index in [9.17, 15) is 4.79 Å². The average Bonchev–Trinajstić information content (AvgIpc) is 2.45. The lowest BCUT2D eigenvalue weighted by Gasteiger charge is -2.19. The van der Waals surface area contributed by atoms with E-state index in [0.717, 1.165) is 12.1 Å². The number of ether oxygens (including phenoxy) is 1. The zero-order valence-electron chi connectivity index (χ0n) is 9.66. The van der Waals surface area contributed by atoms with Gasteiger partial charge in [0.15, 0.2) is 0 Å². The van der Waals surface area contributed by atoms with Crippen molar-refractivity contribution in [2.45, 2.75) is 45.8 Å². The van der Waals surface area contributed by atoms with E-state index in [-0.39, 0.29) is 6.10 Å². The number of carbonyl (C=O) groups is 1. The molecule has 86 valence electrons. The number of amides is 1. The molecule has 1 unspecified atom stereocenters. The van der Waals surface area contributed by atoms with Crippen LogP contribution in [0.2, 0.25) is 0 Å². The Morgan fingerprint density at radius 2 is 2.33 bits per heavy atom. The molecule has 5 heteroatoms. The van der Waals surface area contributed by atoms with Crippen LogP contribution in [0, 0.1) is 0 Å². The largest absolute Gasteiger partial charge is 0.444 e.